The van der Waals surface area contributed by atoms with E-state index in [0.29, 0.717) is 21.9 Å². The minimum absolute atomic E-state index is 0.171. The van der Waals surface area contributed by atoms with E-state index >= 15 is 0 Å². The number of nitriles is 1. The van der Waals surface area contributed by atoms with Crippen LogP contribution in [0.25, 0.3) is 0 Å². The number of hydrogen-bond donors (Lipinski definition) is 0. The molecule has 0 fully saturated rings. The molecule has 90 valence electrons. The van der Waals surface area contributed by atoms with Crippen molar-refractivity contribution in [3.05, 3.63) is 27.3 Å². The summed E-state index contributed by atoms with van der Waals surface area (Å²) in [5.74, 6) is 0.261. The molecule has 1 aromatic carbocycles. The van der Waals surface area contributed by atoms with Gasteiger partial charge in [0, 0.05) is 5.02 Å². The number of Topliss-reactive ketones (excluding diaryl/α,β-unsaturated/α-hetero) is 1. The molecule has 3 nitrogen and oxygen atoms in total. The first-order valence-electron chi connectivity index (χ1n) is 5.19. The maximum atomic E-state index is 11.9. The lowest BCUT2D eigenvalue weighted by molar-refractivity contribution is 0.0994. The van der Waals surface area contributed by atoms with Crippen LogP contribution in [-0.4, -0.2) is 12.9 Å². The van der Waals surface area contributed by atoms with Crippen molar-refractivity contribution in [2.45, 2.75) is 27.2 Å². The zero-order valence-electron chi connectivity index (χ0n) is 10.3. The van der Waals surface area contributed by atoms with Crippen LogP contribution in [0.4, 0.5) is 0 Å². The van der Waals surface area contributed by atoms with E-state index in [-0.39, 0.29) is 12.2 Å². The van der Waals surface area contributed by atoms with Gasteiger partial charge in [-0.15, -0.1) is 0 Å². The fraction of sp³-hybridized carbons (Fsp3) is 0.385. The monoisotopic (exact) mass is 251 g/mol. The van der Waals surface area contributed by atoms with Gasteiger partial charge in [0.25, 0.3) is 0 Å². The van der Waals surface area contributed by atoms with Gasteiger partial charge < -0.3 is 4.74 Å². The summed E-state index contributed by atoms with van der Waals surface area (Å²) in [6, 6.07) is 1.85. The van der Waals surface area contributed by atoms with Crippen LogP contribution in [0.3, 0.4) is 0 Å². The average molecular weight is 252 g/mol. The quantitative estimate of drug-likeness (QED) is 0.774. The number of ether oxygens (including phenoxy) is 1. The van der Waals surface area contributed by atoms with Crippen molar-refractivity contribution in [1.82, 2.24) is 0 Å². The molecule has 17 heavy (non-hydrogen) atoms. The second-order valence-corrected chi connectivity index (χ2v) is 4.23. The Balaban J connectivity index is 3.59. The van der Waals surface area contributed by atoms with E-state index in [0.717, 1.165) is 11.1 Å². The highest BCUT2D eigenvalue weighted by atomic mass is 35.5. The number of rotatable bonds is 3. The first kappa shape index (κ1) is 13.5. The average Bonchev–Trinajstić information content (AvgIpc) is 2.31. The van der Waals surface area contributed by atoms with Gasteiger partial charge in [-0.05, 0) is 37.5 Å². The molecular formula is C13H14ClNO2. The molecule has 0 amide bonds. The Labute approximate surface area is 106 Å². The second kappa shape index (κ2) is 5.20. The Morgan fingerprint density at radius 1 is 1.29 bits per heavy atom. The van der Waals surface area contributed by atoms with Crippen LogP contribution in [0.5, 0.6) is 5.75 Å². The minimum atomic E-state index is -0.258. The third-order valence-corrected chi connectivity index (χ3v) is 3.45. The van der Waals surface area contributed by atoms with E-state index in [1.54, 1.807) is 6.92 Å². The summed E-state index contributed by atoms with van der Waals surface area (Å²) in [5.41, 5.74) is 2.83. The smallest absolute Gasteiger partial charge is 0.180 e. The van der Waals surface area contributed by atoms with E-state index in [1.165, 1.54) is 7.11 Å². The predicted molar refractivity (Wildman–Crippen MR) is 66.8 cm³/mol. The lowest BCUT2D eigenvalue weighted by atomic mass is 9.95. The number of benzene rings is 1. The lowest BCUT2D eigenvalue weighted by Gasteiger charge is -2.17. The van der Waals surface area contributed by atoms with Crippen LogP contribution >= 0.6 is 11.6 Å². The number of carbonyl (C=O) groups excluding carboxylic acids is 1. The Hall–Kier alpha value is -1.53. The maximum Gasteiger partial charge on any atom is 0.180 e. The van der Waals surface area contributed by atoms with Crippen LogP contribution in [0, 0.1) is 32.1 Å². The van der Waals surface area contributed by atoms with Crippen molar-refractivity contribution in [1.29, 1.82) is 5.26 Å². The van der Waals surface area contributed by atoms with Gasteiger partial charge in [0.15, 0.2) is 5.78 Å². The minimum Gasteiger partial charge on any atom is -0.496 e. The number of methoxy groups -OCH3 is 1. The maximum absolute atomic E-state index is 11.9. The molecule has 1 aromatic rings. The van der Waals surface area contributed by atoms with Gasteiger partial charge in [-0.3, -0.25) is 4.79 Å². The van der Waals surface area contributed by atoms with Crippen molar-refractivity contribution < 1.29 is 9.53 Å². The van der Waals surface area contributed by atoms with Gasteiger partial charge in [0.05, 0.1) is 25.2 Å². The molecular weight excluding hydrogens is 238 g/mol. The number of ketones is 1. The zero-order chi connectivity index (χ0) is 13.2. The summed E-state index contributed by atoms with van der Waals surface area (Å²) in [7, 11) is 1.51. The summed E-state index contributed by atoms with van der Waals surface area (Å²) in [4.78, 5) is 11.9. The first-order valence-corrected chi connectivity index (χ1v) is 5.56. The number of carbonyl (C=O) groups is 1. The molecule has 0 aliphatic carbocycles. The molecule has 0 N–H and O–H groups in total. The number of hydrogen-bond acceptors (Lipinski definition) is 3. The lowest BCUT2D eigenvalue weighted by Crippen LogP contribution is -2.07. The molecule has 0 saturated heterocycles. The highest BCUT2D eigenvalue weighted by Gasteiger charge is 2.21. The topological polar surface area (TPSA) is 50.1 Å². The molecule has 0 unspecified atom stereocenters. The Morgan fingerprint density at radius 3 is 2.35 bits per heavy atom. The summed E-state index contributed by atoms with van der Waals surface area (Å²) in [5, 5.41) is 9.16. The van der Waals surface area contributed by atoms with E-state index < -0.39 is 0 Å². The van der Waals surface area contributed by atoms with Gasteiger partial charge >= 0.3 is 0 Å². The van der Waals surface area contributed by atoms with E-state index in [4.69, 9.17) is 21.6 Å². The molecule has 0 atom stereocenters. The van der Waals surface area contributed by atoms with Crippen molar-refractivity contribution in [3.63, 3.8) is 0 Å². The standard InChI is InChI=1S/C13H14ClNO2/c1-7-8(2)13(17-4)11(9(3)12(7)14)10(16)5-6-15/h5H2,1-4H3. The van der Waals surface area contributed by atoms with Crippen LogP contribution in [-0.2, 0) is 0 Å². The van der Waals surface area contributed by atoms with Gasteiger partial charge in [0.2, 0.25) is 0 Å². The highest BCUT2D eigenvalue weighted by Crippen LogP contribution is 2.36. The van der Waals surface area contributed by atoms with Crippen molar-refractivity contribution in [2.75, 3.05) is 7.11 Å². The normalized spacial score (nSPS) is 9.88. The molecule has 0 aromatic heterocycles. The van der Waals surface area contributed by atoms with E-state index in [2.05, 4.69) is 0 Å². The van der Waals surface area contributed by atoms with Crippen LogP contribution in [0.2, 0.25) is 5.02 Å². The van der Waals surface area contributed by atoms with Crippen molar-refractivity contribution >= 4 is 17.4 Å². The highest BCUT2D eigenvalue weighted by molar-refractivity contribution is 6.33. The number of nitrogens with zero attached hydrogens (tertiary/aromatic N) is 1. The molecule has 0 heterocycles. The zero-order valence-corrected chi connectivity index (χ0v) is 11.1. The molecule has 1 rings (SSSR count). The van der Waals surface area contributed by atoms with Gasteiger partial charge in [0.1, 0.15) is 5.75 Å². The Kier molecular flexibility index (Phi) is 4.14. The molecule has 4 heteroatoms. The van der Waals surface area contributed by atoms with Crippen molar-refractivity contribution in [2.24, 2.45) is 0 Å². The fourth-order valence-electron chi connectivity index (χ4n) is 1.83. The molecule has 0 aliphatic rings. The SMILES string of the molecule is COc1c(C)c(C)c(Cl)c(C)c1C(=O)CC#N. The van der Waals surface area contributed by atoms with Gasteiger partial charge in [-0.25, -0.2) is 0 Å². The van der Waals surface area contributed by atoms with E-state index in [1.807, 2.05) is 19.9 Å². The van der Waals surface area contributed by atoms with Gasteiger partial charge in [-0.1, -0.05) is 11.6 Å². The first-order chi connectivity index (χ1) is 7.95. The Morgan fingerprint density at radius 2 is 1.88 bits per heavy atom. The van der Waals surface area contributed by atoms with Crippen LogP contribution < -0.4 is 4.74 Å². The molecule has 0 radical (unpaired) electrons. The van der Waals surface area contributed by atoms with Crippen LogP contribution in [0.1, 0.15) is 33.5 Å². The second-order valence-electron chi connectivity index (χ2n) is 3.86. The summed E-state index contributed by atoms with van der Waals surface area (Å²) in [6.07, 6.45) is -0.171. The third kappa shape index (κ3) is 2.27. The van der Waals surface area contributed by atoms with Gasteiger partial charge in [-0.2, -0.15) is 5.26 Å². The summed E-state index contributed by atoms with van der Waals surface area (Å²) >= 11 is 6.17. The fourth-order valence-corrected chi connectivity index (χ4v) is 2.07. The molecule has 0 bridgehead atoms. The van der Waals surface area contributed by atoms with E-state index in [9.17, 15) is 4.79 Å². The Bertz CT molecular complexity index is 515. The largest absolute Gasteiger partial charge is 0.496 e. The summed E-state index contributed by atoms with van der Waals surface area (Å²) < 4.78 is 5.27. The van der Waals surface area contributed by atoms with Crippen molar-refractivity contribution in [3.8, 4) is 11.8 Å². The summed E-state index contributed by atoms with van der Waals surface area (Å²) in [6.45, 7) is 5.50. The van der Waals surface area contributed by atoms with Crippen LogP contribution in [0.15, 0.2) is 0 Å². The molecule has 0 saturated carbocycles. The molecule has 0 aliphatic heterocycles. The predicted octanol–water partition coefficient (Wildman–Crippen LogP) is 3.37. The number of halogens is 1. The third-order valence-electron chi connectivity index (χ3n) is 2.89. The molecule has 0 spiro atoms.